The van der Waals surface area contributed by atoms with Gasteiger partial charge in [-0.3, -0.25) is 0 Å². The van der Waals surface area contributed by atoms with Crippen LogP contribution in [-0.2, 0) is 6.61 Å². The summed E-state index contributed by atoms with van der Waals surface area (Å²) in [4.78, 5) is 6.53. The maximum absolute atomic E-state index is 9.12. The van der Waals surface area contributed by atoms with E-state index >= 15 is 0 Å². The lowest BCUT2D eigenvalue weighted by atomic mass is 10.2. The molecule has 1 fully saturated rings. The minimum absolute atomic E-state index is 0.113. The molecule has 3 nitrogen and oxygen atoms in total. The molecule has 1 aromatic rings. The Balaban J connectivity index is 2.18. The Morgan fingerprint density at radius 2 is 2.25 bits per heavy atom. The van der Waals surface area contributed by atoms with Gasteiger partial charge in [0.25, 0.3) is 0 Å². The van der Waals surface area contributed by atoms with Crippen LogP contribution in [0.1, 0.15) is 25.5 Å². The third-order valence-electron chi connectivity index (χ3n) is 3.33. The van der Waals surface area contributed by atoms with Crippen LogP contribution in [0, 0.1) is 5.92 Å². The Kier molecular flexibility index (Phi) is 3.36. The van der Waals surface area contributed by atoms with Gasteiger partial charge < -0.3 is 10.0 Å². The minimum Gasteiger partial charge on any atom is -0.390 e. The van der Waals surface area contributed by atoms with Crippen molar-refractivity contribution in [1.82, 2.24) is 4.98 Å². The highest BCUT2D eigenvalue weighted by atomic mass is 35.5. The fourth-order valence-electron chi connectivity index (χ4n) is 1.88. The number of rotatable bonds is 4. The molecule has 0 bridgehead atoms. The van der Waals surface area contributed by atoms with Gasteiger partial charge in [0.1, 0.15) is 5.82 Å². The number of nitrogens with zero attached hydrogens (tertiary/aromatic N) is 2. The summed E-state index contributed by atoms with van der Waals surface area (Å²) in [6, 6.07) is 4.20. The molecule has 1 unspecified atom stereocenters. The van der Waals surface area contributed by atoms with Gasteiger partial charge in [0.05, 0.1) is 17.3 Å². The van der Waals surface area contributed by atoms with E-state index in [1.807, 2.05) is 13.1 Å². The van der Waals surface area contributed by atoms with E-state index < -0.39 is 0 Å². The molecular formula is C12H17ClN2O. The van der Waals surface area contributed by atoms with Gasteiger partial charge in [0.15, 0.2) is 0 Å². The lowest BCUT2D eigenvalue weighted by Gasteiger charge is -2.26. The molecule has 16 heavy (non-hydrogen) atoms. The van der Waals surface area contributed by atoms with Crippen molar-refractivity contribution < 1.29 is 5.11 Å². The Hall–Kier alpha value is -0.800. The SMILES string of the molecule is CC(C1CC1)N(C)c1ccc(Cl)c(CO)n1. The van der Waals surface area contributed by atoms with Crippen LogP contribution < -0.4 is 4.90 Å². The molecule has 1 atom stereocenters. The van der Waals surface area contributed by atoms with Gasteiger partial charge in [-0.2, -0.15) is 0 Å². The fourth-order valence-corrected chi connectivity index (χ4v) is 2.05. The second-order valence-corrected chi connectivity index (χ2v) is 4.85. The van der Waals surface area contributed by atoms with E-state index in [0.717, 1.165) is 11.7 Å². The quantitative estimate of drug-likeness (QED) is 0.879. The van der Waals surface area contributed by atoms with Gasteiger partial charge in [-0.25, -0.2) is 4.98 Å². The third-order valence-corrected chi connectivity index (χ3v) is 3.67. The van der Waals surface area contributed by atoms with Crippen molar-refractivity contribution in [2.75, 3.05) is 11.9 Å². The number of hydrogen-bond acceptors (Lipinski definition) is 3. The molecule has 0 saturated heterocycles. The standard InChI is InChI=1S/C12H17ClN2O/c1-8(9-3-4-9)15(2)12-6-5-10(13)11(7-16)14-12/h5-6,8-9,16H,3-4,7H2,1-2H3. The predicted octanol–water partition coefficient (Wildman–Crippen LogP) is 2.46. The zero-order valence-electron chi connectivity index (χ0n) is 9.65. The number of anilines is 1. The van der Waals surface area contributed by atoms with Crippen LogP contribution >= 0.6 is 11.6 Å². The number of aromatic nitrogens is 1. The molecule has 0 spiro atoms. The number of hydrogen-bond donors (Lipinski definition) is 1. The summed E-state index contributed by atoms with van der Waals surface area (Å²) < 4.78 is 0. The van der Waals surface area contributed by atoms with Crippen molar-refractivity contribution in [2.45, 2.75) is 32.4 Å². The van der Waals surface area contributed by atoms with Crippen molar-refractivity contribution in [1.29, 1.82) is 0 Å². The van der Waals surface area contributed by atoms with Gasteiger partial charge in [-0.05, 0) is 37.8 Å². The summed E-state index contributed by atoms with van der Waals surface area (Å²) in [5.41, 5.74) is 0.550. The fraction of sp³-hybridized carbons (Fsp3) is 0.583. The second kappa shape index (κ2) is 4.60. The molecule has 1 aromatic heterocycles. The monoisotopic (exact) mass is 240 g/mol. The van der Waals surface area contributed by atoms with E-state index in [1.54, 1.807) is 6.07 Å². The Labute approximate surface area is 101 Å². The number of aliphatic hydroxyl groups excluding tert-OH is 1. The molecule has 0 aliphatic heterocycles. The maximum atomic E-state index is 9.12. The molecule has 1 aliphatic rings. The Morgan fingerprint density at radius 3 is 2.81 bits per heavy atom. The largest absolute Gasteiger partial charge is 0.390 e. The molecule has 4 heteroatoms. The molecule has 2 rings (SSSR count). The molecule has 1 N–H and O–H groups in total. The second-order valence-electron chi connectivity index (χ2n) is 4.45. The van der Waals surface area contributed by atoms with Crippen molar-refractivity contribution in [3.8, 4) is 0 Å². The lowest BCUT2D eigenvalue weighted by Crippen LogP contribution is -2.31. The van der Waals surface area contributed by atoms with E-state index in [4.69, 9.17) is 16.7 Å². The van der Waals surface area contributed by atoms with Crippen LogP contribution in [0.3, 0.4) is 0 Å². The van der Waals surface area contributed by atoms with Crippen LogP contribution in [-0.4, -0.2) is 23.2 Å². The first-order chi connectivity index (χ1) is 7.63. The molecule has 0 amide bonds. The summed E-state index contributed by atoms with van der Waals surface area (Å²) in [5, 5.41) is 9.65. The Bertz CT molecular complexity index is 379. The number of pyridine rings is 1. The smallest absolute Gasteiger partial charge is 0.129 e. The first kappa shape index (κ1) is 11.7. The molecule has 88 valence electrons. The molecule has 1 aliphatic carbocycles. The van der Waals surface area contributed by atoms with Crippen molar-refractivity contribution >= 4 is 17.4 Å². The average molecular weight is 241 g/mol. The van der Waals surface area contributed by atoms with Crippen LogP contribution in [0.15, 0.2) is 12.1 Å². The first-order valence-electron chi connectivity index (χ1n) is 5.62. The highest BCUT2D eigenvalue weighted by molar-refractivity contribution is 6.31. The predicted molar refractivity (Wildman–Crippen MR) is 65.8 cm³/mol. The number of aliphatic hydroxyl groups is 1. The molecular weight excluding hydrogens is 224 g/mol. The summed E-state index contributed by atoms with van der Waals surface area (Å²) in [5.74, 6) is 1.67. The third kappa shape index (κ3) is 2.30. The zero-order valence-corrected chi connectivity index (χ0v) is 10.4. The van der Waals surface area contributed by atoms with Crippen LogP contribution in [0.5, 0.6) is 0 Å². The molecule has 1 saturated carbocycles. The lowest BCUT2D eigenvalue weighted by molar-refractivity contribution is 0.277. The van der Waals surface area contributed by atoms with Crippen LogP contribution in [0.4, 0.5) is 5.82 Å². The van der Waals surface area contributed by atoms with E-state index in [-0.39, 0.29) is 6.61 Å². The Morgan fingerprint density at radius 1 is 1.56 bits per heavy atom. The average Bonchev–Trinajstić information content (AvgIpc) is 3.11. The van der Waals surface area contributed by atoms with Gasteiger partial charge >= 0.3 is 0 Å². The molecule has 0 radical (unpaired) electrons. The maximum Gasteiger partial charge on any atom is 0.129 e. The highest BCUT2D eigenvalue weighted by Gasteiger charge is 2.31. The summed E-state index contributed by atoms with van der Waals surface area (Å²) in [6.45, 7) is 2.10. The van der Waals surface area contributed by atoms with Crippen molar-refractivity contribution in [2.24, 2.45) is 5.92 Å². The van der Waals surface area contributed by atoms with Gasteiger partial charge in [-0.15, -0.1) is 0 Å². The first-order valence-corrected chi connectivity index (χ1v) is 6.00. The number of halogens is 1. The highest BCUT2D eigenvalue weighted by Crippen LogP contribution is 2.36. The van der Waals surface area contributed by atoms with E-state index in [0.29, 0.717) is 16.8 Å². The normalized spacial score (nSPS) is 17.2. The van der Waals surface area contributed by atoms with Crippen molar-refractivity contribution in [3.63, 3.8) is 0 Å². The molecule has 0 aromatic carbocycles. The minimum atomic E-state index is -0.113. The van der Waals surface area contributed by atoms with Crippen molar-refractivity contribution in [3.05, 3.63) is 22.8 Å². The van der Waals surface area contributed by atoms with E-state index in [2.05, 4.69) is 16.8 Å². The van der Waals surface area contributed by atoms with Gasteiger partial charge in [0, 0.05) is 13.1 Å². The summed E-state index contributed by atoms with van der Waals surface area (Å²) in [7, 11) is 2.04. The van der Waals surface area contributed by atoms with Gasteiger partial charge in [-0.1, -0.05) is 11.6 Å². The van der Waals surface area contributed by atoms with E-state index in [9.17, 15) is 0 Å². The van der Waals surface area contributed by atoms with Gasteiger partial charge in [0.2, 0.25) is 0 Å². The summed E-state index contributed by atoms with van der Waals surface area (Å²) >= 11 is 5.91. The van der Waals surface area contributed by atoms with Crippen LogP contribution in [0.25, 0.3) is 0 Å². The van der Waals surface area contributed by atoms with Crippen LogP contribution in [0.2, 0.25) is 5.02 Å². The summed E-state index contributed by atoms with van der Waals surface area (Å²) in [6.07, 6.45) is 2.62. The zero-order chi connectivity index (χ0) is 11.7. The van der Waals surface area contributed by atoms with E-state index in [1.165, 1.54) is 12.8 Å². The topological polar surface area (TPSA) is 36.4 Å². The molecule has 1 heterocycles.